The van der Waals surface area contributed by atoms with E-state index in [1.807, 2.05) is 0 Å². The van der Waals surface area contributed by atoms with Gasteiger partial charge in [-0.05, 0) is 42.5 Å². The second-order valence-corrected chi connectivity index (χ2v) is 6.11. The lowest BCUT2D eigenvalue weighted by molar-refractivity contribution is -0.0584. The molecule has 0 radical (unpaired) electrons. The van der Waals surface area contributed by atoms with Crippen LogP contribution < -0.4 is 5.32 Å². The highest BCUT2D eigenvalue weighted by Gasteiger charge is 2.38. The minimum absolute atomic E-state index is 0.0607. The lowest BCUT2D eigenvalue weighted by atomic mass is 10.1. The molecule has 3 amide bonds. The fourth-order valence-corrected chi connectivity index (χ4v) is 2.81. The molecule has 3 aromatic rings. The van der Waals surface area contributed by atoms with Crippen molar-refractivity contribution in [2.24, 2.45) is 0 Å². The largest absolute Gasteiger partial charge is 0.364 e. The van der Waals surface area contributed by atoms with E-state index in [-0.39, 0.29) is 16.7 Å². The maximum Gasteiger partial charge on any atom is 0.364 e. The van der Waals surface area contributed by atoms with Gasteiger partial charge in [0, 0.05) is 18.1 Å². The summed E-state index contributed by atoms with van der Waals surface area (Å²) < 4.78 is 0. The normalized spacial score (nSPS) is 12.5. The zero-order valence-electron chi connectivity index (χ0n) is 14.9. The van der Waals surface area contributed by atoms with Crippen molar-refractivity contribution >= 4 is 29.4 Å². The second-order valence-electron chi connectivity index (χ2n) is 6.11. The molecule has 0 bridgehead atoms. The van der Waals surface area contributed by atoms with Gasteiger partial charge in [-0.2, -0.15) is 0 Å². The highest BCUT2D eigenvalue weighted by Crippen LogP contribution is 2.23. The van der Waals surface area contributed by atoms with Crippen LogP contribution in [0.5, 0.6) is 0 Å². The van der Waals surface area contributed by atoms with Crippen molar-refractivity contribution in [1.29, 1.82) is 0 Å². The number of fused-ring (bicyclic) bond motifs is 1. The maximum absolute atomic E-state index is 12.5. The van der Waals surface area contributed by atoms with Crippen molar-refractivity contribution in [2.45, 2.75) is 0 Å². The molecule has 29 heavy (non-hydrogen) atoms. The number of imide groups is 1. The van der Waals surface area contributed by atoms with Crippen LogP contribution in [0.4, 0.5) is 5.69 Å². The molecule has 1 aromatic heterocycles. The molecule has 8 nitrogen and oxygen atoms in total. The number of hydrogen-bond donors (Lipinski definition) is 1. The number of nitrogens with one attached hydrogen (secondary N) is 1. The van der Waals surface area contributed by atoms with Gasteiger partial charge < -0.3 is 10.2 Å². The number of anilines is 1. The molecule has 0 saturated carbocycles. The Kier molecular flexibility index (Phi) is 4.58. The van der Waals surface area contributed by atoms with Gasteiger partial charge in [0.2, 0.25) is 0 Å². The molecule has 2 heterocycles. The first-order chi connectivity index (χ1) is 14.0. The lowest BCUT2D eigenvalue weighted by Crippen LogP contribution is -2.32. The first kappa shape index (κ1) is 18.1. The summed E-state index contributed by atoms with van der Waals surface area (Å²) in [5.41, 5.74) is 1.10. The number of hydroxylamine groups is 2. The minimum Gasteiger partial charge on any atom is -0.324 e. The number of rotatable bonds is 4. The second kappa shape index (κ2) is 7.35. The number of hydrogen-bond acceptors (Lipinski definition) is 6. The number of nitrogens with zero attached hydrogens (tertiary/aromatic N) is 2. The number of carbonyl (C=O) groups excluding carboxylic acids is 4. The molecule has 1 aliphatic rings. The Hall–Kier alpha value is -4.33. The number of amides is 3. The van der Waals surface area contributed by atoms with E-state index in [1.165, 1.54) is 36.5 Å². The molecular formula is C21H13N3O5. The average Bonchev–Trinajstić information content (AvgIpc) is 2.99. The predicted octanol–water partition coefficient (Wildman–Crippen LogP) is 2.70. The average molecular weight is 387 g/mol. The summed E-state index contributed by atoms with van der Waals surface area (Å²) in [6.45, 7) is 0. The quantitative estimate of drug-likeness (QED) is 0.690. The zero-order chi connectivity index (χ0) is 20.4. The number of benzene rings is 2. The first-order valence-corrected chi connectivity index (χ1v) is 8.56. The zero-order valence-corrected chi connectivity index (χ0v) is 14.9. The van der Waals surface area contributed by atoms with Gasteiger partial charge in [0.15, 0.2) is 0 Å². The summed E-state index contributed by atoms with van der Waals surface area (Å²) in [6.07, 6.45) is 2.96. The molecular weight excluding hydrogens is 374 g/mol. The van der Waals surface area contributed by atoms with E-state index in [2.05, 4.69) is 10.3 Å². The molecule has 0 atom stereocenters. The van der Waals surface area contributed by atoms with Crippen LogP contribution in [0.15, 0.2) is 73.1 Å². The fraction of sp³-hybridized carbons (Fsp3) is 0. The van der Waals surface area contributed by atoms with Crippen LogP contribution in [0, 0.1) is 0 Å². The SMILES string of the molecule is O=C(Nc1cccc(C(=O)ON2C(=O)c3ccccc3C2=O)c1)c1cccnc1. The van der Waals surface area contributed by atoms with Crippen LogP contribution in [-0.4, -0.2) is 33.7 Å². The van der Waals surface area contributed by atoms with E-state index in [1.54, 1.807) is 36.5 Å². The van der Waals surface area contributed by atoms with Crippen molar-refractivity contribution in [3.8, 4) is 0 Å². The third-order valence-corrected chi connectivity index (χ3v) is 4.21. The highest BCUT2D eigenvalue weighted by atomic mass is 16.7. The Balaban J connectivity index is 1.49. The molecule has 2 aromatic carbocycles. The van der Waals surface area contributed by atoms with Gasteiger partial charge >= 0.3 is 5.97 Å². The van der Waals surface area contributed by atoms with Crippen molar-refractivity contribution < 1.29 is 24.0 Å². The van der Waals surface area contributed by atoms with Gasteiger partial charge in [0.1, 0.15) is 0 Å². The van der Waals surface area contributed by atoms with Gasteiger partial charge in [-0.3, -0.25) is 19.4 Å². The maximum atomic E-state index is 12.5. The summed E-state index contributed by atoms with van der Waals surface area (Å²) in [6, 6.07) is 15.4. The molecule has 1 N–H and O–H groups in total. The van der Waals surface area contributed by atoms with Crippen LogP contribution >= 0.6 is 0 Å². The number of carbonyl (C=O) groups is 4. The van der Waals surface area contributed by atoms with Crippen molar-refractivity contribution in [3.63, 3.8) is 0 Å². The fourth-order valence-electron chi connectivity index (χ4n) is 2.81. The first-order valence-electron chi connectivity index (χ1n) is 8.56. The van der Waals surface area contributed by atoms with Gasteiger partial charge in [-0.25, -0.2) is 4.79 Å². The monoisotopic (exact) mass is 387 g/mol. The van der Waals surface area contributed by atoms with Crippen molar-refractivity contribution in [2.75, 3.05) is 5.32 Å². The van der Waals surface area contributed by atoms with E-state index >= 15 is 0 Å². The van der Waals surface area contributed by atoms with Gasteiger partial charge in [0.05, 0.1) is 22.3 Å². The predicted molar refractivity (Wildman–Crippen MR) is 101 cm³/mol. The van der Waals surface area contributed by atoms with Crippen LogP contribution in [0.25, 0.3) is 0 Å². The molecule has 0 saturated heterocycles. The number of aromatic nitrogens is 1. The smallest absolute Gasteiger partial charge is 0.324 e. The molecule has 0 aliphatic carbocycles. The van der Waals surface area contributed by atoms with E-state index in [9.17, 15) is 19.2 Å². The summed E-state index contributed by atoms with van der Waals surface area (Å²) in [7, 11) is 0. The Morgan fingerprint density at radius 2 is 1.55 bits per heavy atom. The Bertz CT molecular complexity index is 1110. The molecule has 0 spiro atoms. The standard InChI is InChI=1S/C21H13N3O5/c25-18(14-6-4-10-22-12-14)23-15-7-3-5-13(11-15)21(28)29-24-19(26)16-8-1-2-9-17(16)20(24)27/h1-12H,(H,23,25). The summed E-state index contributed by atoms with van der Waals surface area (Å²) in [4.78, 5) is 58.2. The van der Waals surface area contributed by atoms with Gasteiger partial charge in [0.25, 0.3) is 17.7 Å². The van der Waals surface area contributed by atoms with Crippen LogP contribution in [0.3, 0.4) is 0 Å². The molecule has 0 unspecified atom stereocenters. The number of pyridine rings is 1. The molecule has 8 heteroatoms. The van der Waals surface area contributed by atoms with E-state index in [0.29, 0.717) is 16.3 Å². The van der Waals surface area contributed by atoms with Crippen molar-refractivity contribution in [3.05, 3.63) is 95.3 Å². The molecule has 4 rings (SSSR count). The van der Waals surface area contributed by atoms with Crippen molar-refractivity contribution in [1.82, 2.24) is 10.0 Å². The summed E-state index contributed by atoms with van der Waals surface area (Å²) in [5, 5.41) is 3.08. The molecule has 142 valence electrons. The molecule has 0 fully saturated rings. The van der Waals surface area contributed by atoms with Crippen LogP contribution in [0.1, 0.15) is 41.4 Å². The Morgan fingerprint density at radius 3 is 2.21 bits per heavy atom. The Morgan fingerprint density at radius 1 is 0.862 bits per heavy atom. The molecule has 1 aliphatic heterocycles. The van der Waals surface area contributed by atoms with E-state index in [0.717, 1.165) is 0 Å². The third-order valence-electron chi connectivity index (χ3n) is 4.21. The van der Waals surface area contributed by atoms with Gasteiger partial charge in [-0.15, -0.1) is 0 Å². The topological polar surface area (TPSA) is 106 Å². The van der Waals surface area contributed by atoms with Crippen LogP contribution in [0.2, 0.25) is 0 Å². The Labute approximate surface area is 164 Å². The van der Waals surface area contributed by atoms with E-state index < -0.39 is 23.7 Å². The van der Waals surface area contributed by atoms with E-state index in [4.69, 9.17) is 4.84 Å². The highest BCUT2D eigenvalue weighted by molar-refractivity contribution is 6.21. The lowest BCUT2D eigenvalue weighted by Gasteiger charge is -2.13. The minimum atomic E-state index is -0.906. The van der Waals surface area contributed by atoms with Crippen LogP contribution in [-0.2, 0) is 4.84 Å². The third kappa shape index (κ3) is 3.46. The van der Waals surface area contributed by atoms with Gasteiger partial charge in [-0.1, -0.05) is 23.3 Å². The summed E-state index contributed by atoms with van der Waals surface area (Å²) in [5.74, 6) is -2.72. The summed E-state index contributed by atoms with van der Waals surface area (Å²) >= 11 is 0.